The highest BCUT2D eigenvalue weighted by Gasteiger charge is 2.14. The highest BCUT2D eigenvalue weighted by atomic mass is 16.3. The van der Waals surface area contributed by atoms with E-state index in [4.69, 9.17) is 4.42 Å². The first-order valence-corrected chi connectivity index (χ1v) is 6.20. The summed E-state index contributed by atoms with van der Waals surface area (Å²) in [4.78, 5) is 16.4. The van der Waals surface area contributed by atoms with Crippen molar-refractivity contribution in [1.29, 1.82) is 0 Å². The molecule has 2 heterocycles. The maximum Gasteiger partial charge on any atom is 0.257 e. The molecule has 0 fully saturated rings. The Balaban J connectivity index is 1.93. The van der Waals surface area contributed by atoms with E-state index in [1.54, 1.807) is 36.7 Å². The monoisotopic (exact) mass is 264 g/mol. The third-order valence-electron chi connectivity index (χ3n) is 2.86. The number of nitrogens with one attached hydrogen (secondary N) is 1. The number of carbonyl (C=O) groups is 1. The molecule has 98 valence electrons. The fourth-order valence-corrected chi connectivity index (χ4v) is 1.95. The number of hydrogen-bond donors (Lipinski definition) is 1. The Labute approximate surface area is 116 Å². The van der Waals surface area contributed by atoms with Gasteiger partial charge in [-0.15, -0.1) is 0 Å². The van der Waals surface area contributed by atoms with Gasteiger partial charge in [-0.25, -0.2) is 4.98 Å². The van der Waals surface area contributed by atoms with Crippen LogP contribution in [0.15, 0.2) is 71.5 Å². The summed E-state index contributed by atoms with van der Waals surface area (Å²) >= 11 is 0. The first-order chi connectivity index (χ1) is 9.84. The third-order valence-corrected chi connectivity index (χ3v) is 2.86. The van der Waals surface area contributed by atoms with E-state index in [0.29, 0.717) is 17.1 Å². The summed E-state index contributed by atoms with van der Waals surface area (Å²) in [6.45, 7) is 0. The lowest BCUT2D eigenvalue weighted by Crippen LogP contribution is -2.13. The van der Waals surface area contributed by atoms with Crippen LogP contribution >= 0.6 is 0 Å². The van der Waals surface area contributed by atoms with Gasteiger partial charge in [0.2, 0.25) is 0 Å². The zero-order valence-electron chi connectivity index (χ0n) is 10.6. The highest BCUT2D eigenvalue weighted by Crippen LogP contribution is 2.24. The molecule has 4 heteroatoms. The van der Waals surface area contributed by atoms with Gasteiger partial charge in [-0.1, -0.05) is 24.3 Å². The number of pyridine rings is 1. The largest absolute Gasteiger partial charge is 0.464 e. The van der Waals surface area contributed by atoms with Crippen LogP contribution in [0.25, 0.3) is 11.3 Å². The lowest BCUT2D eigenvalue weighted by molar-refractivity contribution is 0.102. The van der Waals surface area contributed by atoms with Gasteiger partial charge >= 0.3 is 0 Å². The van der Waals surface area contributed by atoms with E-state index in [2.05, 4.69) is 10.3 Å². The SMILES string of the molecule is O=C(Nc1ccccn1)c1ccccc1-c1ccco1. The molecule has 0 spiro atoms. The fourth-order valence-electron chi connectivity index (χ4n) is 1.95. The van der Waals surface area contributed by atoms with Gasteiger partial charge in [-0.05, 0) is 30.3 Å². The van der Waals surface area contributed by atoms with Crippen LogP contribution in [0.3, 0.4) is 0 Å². The minimum absolute atomic E-state index is 0.212. The molecule has 1 N–H and O–H groups in total. The Bertz CT molecular complexity index is 706. The second-order valence-electron chi connectivity index (χ2n) is 4.19. The molecule has 4 nitrogen and oxygen atoms in total. The van der Waals surface area contributed by atoms with Crippen molar-refractivity contribution in [2.75, 3.05) is 5.32 Å². The van der Waals surface area contributed by atoms with Crippen LogP contribution in [0.4, 0.5) is 5.82 Å². The van der Waals surface area contributed by atoms with E-state index in [1.165, 1.54) is 0 Å². The van der Waals surface area contributed by atoms with Crippen molar-refractivity contribution in [2.24, 2.45) is 0 Å². The molecule has 3 aromatic rings. The molecule has 0 bridgehead atoms. The number of benzene rings is 1. The van der Waals surface area contributed by atoms with Gasteiger partial charge in [0.15, 0.2) is 0 Å². The first-order valence-electron chi connectivity index (χ1n) is 6.20. The molecule has 0 atom stereocenters. The smallest absolute Gasteiger partial charge is 0.257 e. The molecule has 0 saturated heterocycles. The molecular formula is C16H12N2O2. The lowest BCUT2D eigenvalue weighted by atomic mass is 10.0. The van der Waals surface area contributed by atoms with Crippen molar-refractivity contribution in [3.8, 4) is 11.3 Å². The summed E-state index contributed by atoms with van der Waals surface area (Å²) in [7, 11) is 0. The predicted molar refractivity (Wildman–Crippen MR) is 76.3 cm³/mol. The zero-order valence-corrected chi connectivity index (χ0v) is 10.6. The van der Waals surface area contributed by atoms with E-state index in [1.807, 2.05) is 30.3 Å². The second-order valence-corrected chi connectivity index (χ2v) is 4.19. The van der Waals surface area contributed by atoms with E-state index in [-0.39, 0.29) is 5.91 Å². The number of rotatable bonds is 3. The van der Waals surface area contributed by atoms with Crippen molar-refractivity contribution in [1.82, 2.24) is 4.98 Å². The van der Waals surface area contributed by atoms with Crippen LogP contribution in [0.1, 0.15) is 10.4 Å². The minimum atomic E-state index is -0.212. The van der Waals surface area contributed by atoms with Crippen molar-refractivity contribution in [3.63, 3.8) is 0 Å². The molecule has 3 rings (SSSR count). The number of carbonyl (C=O) groups excluding carboxylic acids is 1. The number of hydrogen-bond acceptors (Lipinski definition) is 3. The quantitative estimate of drug-likeness (QED) is 0.786. The maximum atomic E-state index is 12.3. The molecule has 0 unspecified atom stereocenters. The van der Waals surface area contributed by atoms with Gasteiger partial charge in [-0.2, -0.15) is 0 Å². The maximum absolute atomic E-state index is 12.3. The van der Waals surface area contributed by atoms with Gasteiger partial charge in [0.25, 0.3) is 5.91 Å². The Hall–Kier alpha value is -2.88. The van der Waals surface area contributed by atoms with Crippen molar-refractivity contribution in [3.05, 3.63) is 72.6 Å². The second kappa shape index (κ2) is 5.40. The van der Waals surface area contributed by atoms with E-state index in [0.717, 1.165) is 5.56 Å². The lowest BCUT2D eigenvalue weighted by Gasteiger charge is -2.07. The normalized spacial score (nSPS) is 10.2. The van der Waals surface area contributed by atoms with Crippen molar-refractivity contribution >= 4 is 11.7 Å². The summed E-state index contributed by atoms with van der Waals surface area (Å²) in [6.07, 6.45) is 3.22. The molecule has 1 aromatic carbocycles. The number of nitrogens with zero attached hydrogens (tertiary/aromatic N) is 1. The third kappa shape index (κ3) is 2.44. The average molecular weight is 264 g/mol. The average Bonchev–Trinajstić information content (AvgIpc) is 3.02. The van der Waals surface area contributed by atoms with Crippen molar-refractivity contribution < 1.29 is 9.21 Å². The number of anilines is 1. The zero-order chi connectivity index (χ0) is 13.8. The first kappa shape index (κ1) is 12.2. The standard InChI is InChI=1S/C16H12N2O2/c19-16(18-15-9-3-4-10-17-15)13-7-2-1-6-12(13)14-8-5-11-20-14/h1-11H,(H,17,18,19). The van der Waals surface area contributed by atoms with E-state index in [9.17, 15) is 4.79 Å². The molecule has 0 aliphatic rings. The van der Waals surface area contributed by atoms with Crippen LogP contribution in [-0.4, -0.2) is 10.9 Å². The predicted octanol–water partition coefficient (Wildman–Crippen LogP) is 3.59. The molecule has 0 radical (unpaired) electrons. The van der Waals surface area contributed by atoms with Gasteiger partial charge in [0.1, 0.15) is 11.6 Å². The van der Waals surface area contributed by atoms with Crippen LogP contribution < -0.4 is 5.32 Å². The topological polar surface area (TPSA) is 55.1 Å². The fraction of sp³-hybridized carbons (Fsp3) is 0. The minimum Gasteiger partial charge on any atom is -0.464 e. The van der Waals surface area contributed by atoms with E-state index < -0.39 is 0 Å². The molecule has 1 amide bonds. The van der Waals surface area contributed by atoms with Crippen LogP contribution in [0, 0.1) is 0 Å². The number of furan rings is 1. The number of amides is 1. The van der Waals surface area contributed by atoms with Gasteiger partial charge in [-0.3, -0.25) is 4.79 Å². The Morgan fingerprint density at radius 3 is 2.60 bits per heavy atom. The molecular weight excluding hydrogens is 252 g/mol. The summed E-state index contributed by atoms with van der Waals surface area (Å²) in [5.74, 6) is 0.971. The van der Waals surface area contributed by atoms with Gasteiger partial charge in [0.05, 0.1) is 11.8 Å². The van der Waals surface area contributed by atoms with Gasteiger partial charge < -0.3 is 9.73 Å². The molecule has 0 aliphatic carbocycles. The summed E-state index contributed by atoms with van der Waals surface area (Å²) in [5, 5.41) is 2.77. The molecule has 0 aliphatic heterocycles. The number of aromatic nitrogens is 1. The van der Waals surface area contributed by atoms with Crippen LogP contribution in [0.5, 0.6) is 0 Å². The Kier molecular flexibility index (Phi) is 3.29. The molecule has 0 saturated carbocycles. The van der Waals surface area contributed by atoms with Crippen LogP contribution in [0.2, 0.25) is 0 Å². The van der Waals surface area contributed by atoms with E-state index >= 15 is 0 Å². The summed E-state index contributed by atoms with van der Waals surface area (Å²) in [6, 6.07) is 16.3. The summed E-state index contributed by atoms with van der Waals surface area (Å²) < 4.78 is 5.36. The Morgan fingerprint density at radius 1 is 1.00 bits per heavy atom. The summed E-state index contributed by atoms with van der Waals surface area (Å²) in [5.41, 5.74) is 1.30. The molecule has 20 heavy (non-hydrogen) atoms. The van der Waals surface area contributed by atoms with Crippen molar-refractivity contribution in [2.45, 2.75) is 0 Å². The van der Waals surface area contributed by atoms with Crippen LogP contribution in [-0.2, 0) is 0 Å². The van der Waals surface area contributed by atoms with Gasteiger partial charge in [0, 0.05) is 11.8 Å². The Morgan fingerprint density at radius 2 is 1.85 bits per heavy atom. The molecule has 2 aromatic heterocycles. The highest BCUT2D eigenvalue weighted by molar-refractivity contribution is 6.07.